The van der Waals surface area contributed by atoms with Crippen LogP contribution in [0.3, 0.4) is 0 Å². The van der Waals surface area contributed by atoms with Gasteiger partial charge >= 0.3 is 0 Å². The Balaban J connectivity index is 2.26. The van der Waals surface area contributed by atoms with Crippen molar-refractivity contribution >= 4 is 6.08 Å². The largest absolute Gasteiger partial charge is 0.270 e. The summed E-state index contributed by atoms with van der Waals surface area (Å²) in [4.78, 5) is 0. The van der Waals surface area contributed by atoms with Crippen LogP contribution in [-0.2, 0) is 0 Å². The molecule has 3 aromatic carbocycles. The van der Waals surface area contributed by atoms with Crippen LogP contribution < -0.4 is 0 Å². The van der Waals surface area contributed by atoms with Crippen LogP contribution in [0.1, 0.15) is 5.56 Å². The van der Waals surface area contributed by atoms with E-state index in [-0.39, 0.29) is 0 Å². The van der Waals surface area contributed by atoms with Crippen molar-refractivity contribution in [3.05, 3.63) is 90.5 Å². The summed E-state index contributed by atoms with van der Waals surface area (Å²) in [5.74, 6) is 0. The molecular formula is C20H14F2. The fourth-order valence-corrected chi connectivity index (χ4v) is 2.57. The Hall–Kier alpha value is -2.74. The van der Waals surface area contributed by atoms with Crippen LogP contribution in [0.15, 0.2) is 84.9 Å². The molecular weight excluding hydrogens is 278 g/mol. The first-order valence-electron chi connectivity index (χ1n) is 7.02. The van der Waals surface area contributed by atoms with Gasteiger partial charge in [-0.3, -0.25) is 0 Å². The highest BCUT2D eigenvalue weighted by Crippen LogP contribution is 2.34. The van der Waals surface area contributed by atoms with Crippen LogP contribution in [0.4, 0.5) is 8.78 Å². The smallest absolute Gasteiger partial charge is 0.173 e. The van der Waals surface area contributed by atoms with Crippen molar-refractivity contribution in [3.8, 4) is 22.3 Å². The fourth-order valence-electron chi connectivity index (χ4n) is 2.57. The van der Waals surface area contributed by atoms with Crippen LogP contribution in [0.5, 0.6) is 0 Å². The van der Waals surface area contributed by atoms with Crippen molar-refractivity contribution < 1.29 is 8.78 Å². The molecule has 0 heterocycles. The third-order valence-electron chi connectivity index (χ3n) is 3.53. The molecule has 0 unspecified atom stereocenters. The van der Waals surface area contributed by atoms with Crippen molar-refractivity contribution in [2.75, 3.05) is 0 Å². The number of halogens is 2. The molecule has 0 nitrogen and oxygen atoms in total. The highest BCUT2D eigenvalue weighted by molar-refractivity contribution is 5.86. The van der Waals surface area contributed by atoms with E-state index in [1.54, 1.807) is 0 Å². The van der Waals surface area contributed by atoms with Crippen LogP contribution in [-0.4, -0.2) is 0 Å². The first-order chi connectivity index (χ1) is 10.8. The number of hydrogen-bond donors (Lipinski definition) is 0. The van der Waals surface area contributed by atoms with Gasteiger partial charge in [-0.05, 0) is 27.8 Å². The molecule has 0 aliphatic heterocycles. The first-order valence-corrected chi connectivity index (χ1v) is 7.02. The lowest BCUT2D eigenvalue weighted by atomic mass is 9.92. The second-order valence-electron chi connectivity index (χ2n) is 4.93. The zero-order valence-electron chi connectivity index (χ0n) is 11.8. The SMILES string of the molecule is FC(F)=Cc1c(-c2ccccc2)cccc1-c1ccccc1. The van der Waals surface area contributed by atoms with E-state index in [0.29, 0.717) is 5.56 Å². The quantitative estimate of drug-likeness (QED) is 0.534. The Bertz CT molecular complexity index is 729. The minimum Gasteiger partial charge on any atom is -0.173 e. The molecule has 0 amide bonds. The Kier molecular flexibility index (Phi) is 4.10. The monoisotopic (exact) mass is 292 g/mol. The highest BCUT2D eigenvalue weighted by atomic mass is 19.3. The highest BCUT2D eigenvalue weighted by Gasteiger charge is 2.11. The molecule has 3 rings (SSSR count). The molecule has 3 aromatic rings. The van der Waals surface area contributed by atoms with Gasteiger partial charge in [-0.15, -0.1) is 0 Å². The Morgan fingerprint density at radius 3 is 1.45 bits per heavy atom. The van der Waals surface area contributed by atoms with E-state index in [1.165, 1.54) is 0 Å². The minimum absolute atomic E-state index is 0.542. The van der Waals surface area contributed by atoms with Crippen molar-refractivity contribution in [2.24, 2.45) is 0 Å². The number of benzene rings is 3. The minimum atomic E-state index is -1.69. The van der Waals surface area contributed by atoms with Crippen molar-refractivity contribution in [3.63, 3.8) is 0 Å². The molecule has 0 aliphatic rings. The van der Waals surface area contributed by atoms with Crippen LogP contribution >= 0.6 is 0 Å². The summed E-state index contributed by atoms with van der Waals surface area (Å²) >= 11 is 0. The lowest BCUT2D eigenvalue weighted by Crippen LogP contribution is -1.89. The molecule has 0 atom stereocenters. The molecule has 0 aromatic heterocycles. The summed E-state index contributed by atoms with van der Waals surface area (Å²) in [7, 11) is 0. The molecule has 0 fully saturated rings. The van der Waals surface area contributed by atoms with Gasteiger partial charge in [0.05, 0.1) is 0 Å². The van der Waals surface area contributed by atoms with Gasteiger partial charge in [0.2, 0.25) is 0 Å². The maximum Gasteiger partial charge on any atom is 0.270 e. The van der Waals surface area contributed by atoms with E-state index < -0.39 is 6.08 Å². The zero-order chi connectivity index (χ0) is 15.4. The Labute approximate surface area is 128 Å². The van der Waals surface area contributed by atoms with Gasteiger partial charge in [-0.2, -0.15) is 8.78 Å². The standard InChI is InChI=1S/C20H14F2/c21-20(22)14-19-17(15-8-3-1-4-9-15)12-7-13-18(19)16-10-5-2-6-11-16/h1-14H. The van der Waals surface area contributed by atoms with Gasteiger partial charge in [-0.1, -0.05) is 78.9 Å². The summed E-state index contributed by atoms with van der Waals surface area (Å²) in [6, 6.07) is 24.8. The Morgan fingerprint density at radius 1 is 0.591 bits per heavy atom. The van der Waals surface area contributed by atoms with Gasteiger partial charge in [0.25, 0.3) is 6.08 Å². The van der Waals surface area contributed by atoms with Gasteiger partial charge in [-0.25, -0.2) is 0 Å². The molecule has 0 saturated heterocycles. The molecule has 22 heavy (non-hydrogen) atoms. The molecule has 0 N–H and O–H groups in total. The summed E-state index contributed by atoms with van der Waals surface area (Å²) in [5.41, 5.74) is 3.99. The van der Waals surface area contributed by atoms with Crippen molar-refractivity contribution in [2.45, 2.75) is 0 Å². The average molecular weight is 292 g/mol. The first kappa shape index (κ1) is 14.2. The maximum absolute atomic E-state index is 13.0. The van der Waals surface area contributed by atoms with E-state index in [0.717, 1.165) is 28.3 Å². The summed E-state index contributed by atoms with van der Waals surface area (Å²) in [6.07, 6.45) is -0.745. The fraction of sp³-hybridized carbons (Fsp3) is 0. The normalized spacial score (nSPS) is 10.3. The molecule has 0 radical (unpaired) electrons. The van der Waals surface area contributed by atoms with E-state index in [9.17, 15) is 8.78 Å². The topological polar surface area (TPSA) is 0 Å². The number of rotatable bonds is 3. The van der Waals surface area contributed by atoms with Crippen molar-refractivity contribution in [1.29, 1.82) is 0 Å². The van der Waals surface area contributed by atoms with Crippen LogP contribution in [0, 0.1) is 0 Å². The van der Waals surface area contributed by atoms with Gasteiger partial charge in [0, 0.05) is 6.08 Å². The third-order valence-corrected chi connectivity index (χ3v) is 3.53. The molecule has 0 saturated carbocycles. The van der Waals surface area contributed by atoms with Crippen LogP contribution in [0.2, 0.25) is 0 Å². The second-order valence-corrected chi connectivity index (χ2v) is 4.93. The predicted molar refractivity (Wildman–Crippen MR) is 87.5 cm³/mol. The third kappa shape index (κ3) is 2.96. The Morgan fingerprint density at radius 2 is 1.05 bits per heavy atom. The maximum atomic E-state index is 13.0. The number of hydrogen-bond acceptors (Lipinski definition) is 0. The van der Waals surface area contributed by atoms with Gasteiger partial charge in [0.15, 0.2) is 0 Å². The summed E-state index contributed by atoms with van der Waals surface area (Å²) in [5, 5.41) is 0. The van der Waals surface area contributed by atoms with E-state index >= 15 is 0 Å². The molecule has 2 heteroatoms. The predicted octanol–water partition coefficient (Wildman–Crippen LogP) is 6.26. The molecule has 0 aliphatic carbocycles. The van der Waals surface area contributed by atoms with Gasteiger partial charge < -0.3 is 0 Å². The van der Waals surface area contributed by atoms with E-state index in [1.807, 2.05) is 78.9 Å². The van der Waals surface area contributed by atoms with E-state index in [2.05, 4.69) is 0 Å². The second kappa shape index (κ2) is 6.35. The molecule has 108 valence electrons. The van der Waals surface area contributed by atoms with E-state index in [4.69, 9.17) is 0 Å². The molecule has 0 bridgehead atoms. The lowest BCUT2D eigenvalue weighted by Gasteiger charge is -2.12. The van der Waals surface area contributed by atoms with Crippen LogP contribution in [0.25, 0.3) is 28.3 Å². The average Bonchev–Trinajstić information content (AvgIpc) is 2.56. The molecule has 0 spiro atoms. The lowest BCUT2D eigenvalue weighted by molar-refractivity contribution is 0.429. The van der Waals surface area contributed by atoms with Crippen molar-refractivity contribution in [1.82, 2.24) is 0 Å². The summed E-state index contributed by atoms with van der Waals surface area (Å²) < 4.78 is 25.9. The van der Waals surface area contributed by atoms with Gasteiger partial charge in [0.1, 0.15) is 0 Å². The zero-order valence-corrected chi connectivity index (χ0v) is 11.8. The summed E-state index contributed by atoms with van der Waals surface area (Å²) in [6.45, 7) is 0.